The third-order valence-electron chi connectivity index (χ3n) is 3.29. The van der Waals surface area contributed by atoms with Crippen molar-refractivity contribution in [3.8, 4) is 0 Å². The van der Waals surface area contributed by atoms with Gasteiger partial charge in [0.05, 0.1) is 11.6 Å². The van der Waals surface area contributed by atoms with Crippen LogP contribution in [0, 0.1) is 0 Å². The van der Waals surface area contributed by atoms with Gasteiger partial charge in [0.15, 0.2) is 5.65 Å². The van der Waals surface area contributed by atoms with Crippen molar-refractivity contribution in [2.75, 3.05) is 0 Å². The van der Waals surface area contributed by atoms with E-state index in [1.807, 2.05) is 4.57 Å². The average Bonchev–Trinajstić information content (AvgIpc) is 3.05. The summed E-state index contributed by atoms with van der Waals surface area (Å²) in [4.78, 5) is 19.8. The van der Waals surface area contributed by atoms with Gasteiger partial charge in [-0.1, -0.05) is 18.5 Å². The predicted octanol–water partition coefficient (Wildman–Crippen LogP) is 3.38. The van der Waals surface area contributed by atoms with Crippen molar-refractivity contribution >= 4 is 28.7 Å². The molecule has 7 heteroatoms. The molecule has 3 aromatic heterocycles. The summed E-state index contributed by atoms with van der Waals surface area (Å²) in [7, 11) is 0. The molecule has 0 aromatic carbocycles. The van der Waals surface area contributed by atoms with E-state index in [0.29, 0.717) is 23.0 Å². The third-order valence-corrected chi connectivity index (χ3v) is 3.50. The maximum Gasteiger partial charge on any atom is 0.371 e. The molecule has 0 saturated heterocycles. The van der Waals surface area contributed by atoms with Gasteiger partial charge in [0.1, 0.15) is 17.1 Å². The number of furan rings is 1. The number of nitrogens with zero attached hydrogens (tertiary/aromatic N) is 3. The number of hydrogen-bond donors (Lipinski definition) is 1. The van der Waals surface area contributed by atoms with E-state index < -0.39 is 5.97 Å². The molecule has 0 aliphatic carbocycles. The number of carboxylic acids is 1. The van der Waals surface area contributed by atoms with Crippen molar-refractivity contribution in [2.45, 2.75) is 26.3 Å². The minimum Gasteiger partial charge on any atom is -0.475 e. The Bertz CT molecular complexity index is 838. The molecule has 6 nitrogen and oxygen atoms in total. The van der Waals surface area contributed by atoms with Crippen LogP contribution in [-0.2, 0) is 13.0 Å². The lowest BCUT2D eigenvalue weighted by atomic mass is 10.3. The summed E-state index contributed by atoms with van der Waals surface area (Å²) in [5.41, 5.74) is 1.43. The Morgan fingerprint density at radius 3 is 2.95 bits per heavy atom. The first-order valence-corrected chi connectivity index (χ1v) is 7.29. The lowest BCUT2D eigenvalue weighted by Crippen LogP contribution is -2.05. The SMILES string of the molecule is CCCc1nc2cc(Cl)cnc2n1Cc1ccc(C(=O)O)o1. The molecule has 3 aromatic rings. The maximum absolute atomic E-state index is 10.9. The number of pyridine rings is 1. The van der Waals surface area contributed by atoms with Crippen LogP contribution in [0.5, 0.6) is 0 Å². The first kappa shape index (κ1) is 14.6. The highest BCUT2D eigenvalue weighted by molar-refractivity contribution is 6.31. The molecule has 3 rings (SSSR count). The first-order chi connectivity index (χ1) is 10.6. The smallest absolute Gasteiger partial charge is 0.371 e. The summed E-state index contributed by atoms with van der Waals surface area (Å²) in [6.45, 7) is 2.45. The quantitative estimate of drug-likeness (QED) is 0.779. The number of aromatic nitrogens is 3. The zero-order valence-electron chi connectivity index (χ0n) is 11.9. The molecule has 0 amide bonds. The molecule has 1 N–H and O–H groups in total. The van der Waals surface area contributed by atoms with Crippen molar-refractivity contribution < 1.29 is 14.3 Å². The van der Waals surface area contributed by atoms with Crippen LogP contribution in [-0.4, -0.2) is 25.6 Å². The van der Waals surface area contributed by atoms with E-state index in [1.54, 1.807) is 18.3 Å². The van der Waals surface area contributed by atoms with Gasteiger partial charge in [0.25, 0.3) is 0 Å². The largest absolute Gasteiger partial charge is 0.475 e. The van der Waals surface area contributed by atoms with Crippen LogP contribution in [0.25, 0.3) is 11.2 Å². The van der Waals surface area contributed by atoms with Crippen molar-refractivity contribution in [1.82, 2.24) is 14.5 Å². The minimum absolute atomic E-state index is 0.0764. The number of carboxylic acid groups (broad SMARTS) is 1. The average molecular weight is 320 g/mol. The van der Waals surface area contributed by atoms with E-state index in [4.69, 9.17) is 21.1 Å². The molecule has 0 saturated carbocycles. The van der Waals surface area contributed by atoms with Gasteiger partial charge in [-0.15, -0.1) is 0 Å². The standard InChI is InChI=1S/C15H14ClN3O3/c1-2-3-13-18-11-6-9(16)7-17-14(11)19(13)8-10-4-5-12(22-10)15(20)21/h4-7H,2-3,8H2,1H3,(H,20,21). The van der Waals surface area contributed by atoms with Gasteiger partial charge in [-0.2, -0.15) is 0 Å². The highest BCUT2D eigenvalue weighted by Crippen LogP contribution is 2.21. The fourth-order valence-corrected chi connectivity index (χ4v) is 2.50. The summed E-state index contributed by atoms with van der Waals surface area (Å²) in [6.07, 6.45) is 3.30. The number of aromatic carboxylic acids is 1. The van der Waals surface area contributed by atoms with E-state index in [0.717, 1.165) is 24.2 Å². The molecule has 0 aliphatic heterocycles. The van der Waals surface area contributed by atoms with Crippen molar-refractivity contribution in [1.29, 1.82) is 0 Å². The Morgan fingerprint density at radius 2 is 2.27 bits per heavy atom. The fourth-order valence-electron chi connectivity index (χ4n) is 2.35. The summed E-state index contributed by atoms with van der Waals surface area (Å²) < 4.78 is 7.25. The Labute approximate surface area is 131 Å². The Morgan fingerprint density at radius 1 is 1.45 bits per heavy atom. The summed E-state index contributed by atoms with van der Waals surface area (Å²) in [5.74, 6) is 0.263. The van der Waals surface area contributed by atoms with Gasteiger partial charge in [0, 0.05) is 12.6 Å². The third kappa shape index (κ3) is 2.69. The zero-order chi connectivity index (χ0) is 15.7. The molecular formula is C15H14ClN3O3. The van der Waals surface area contributed by atoms with Crippen LogP contribution in [0.4, 0.5) is 0 Å². The van der Waals surface area contributed by atoms with Crippen LogP contribution in [0.15, 0.2) is 28.8 Å². The van der Waals surface area contributed by atoms with Crippen molar-refractivity contribution in [3.63, 3.8) is 0 Å². The topological polar surface area (TPSA) is 81.2 Å². The number of hydrogen-bond acceptors (Lipinski definition) is 4. The fraction of sp³-hybridized carbons (Fsp3) is 0.267. The highest BCUT2D eigenvalue weighted by Gasteiger charge is 2.15. The van der Waals surface area contributed by atoms with Crippen LogP contribution < -0.4 is 0 Å². The number of halogens is 1. The number of rotatable bonds is 5. The monoisotopic (exact) mass is 319 g/mol. The van der Waals surface area contributed by atoms with Gasteiger partial charge >= 0.3 is 5.97 Å². The molecule has 0 atom stereocenters. The van der Waals surface area contributed by atoms with E-state index in [1.165, 1.54) is 6.07 Å². The molecule has 114 valence electrons. The molecule has 0 spiro atoms. The van der Waals surface area contributed by atoms with E-state index >= 15 is 0 Å². The number of aryl methyl sites for hydroxylation is 1. The van der Waals surface area contributed by atoms with Gasteiger partial charge < -0.3 is 14.1 Å². The van der Waals surface area contributed by atoms with Gasteiger partial charge in [0.2, 0.25) is 5.76 Å². The molecule has 0 unspecified atom stereocenters. The Kier molecular flexibility index (Phi) is 3.85. The van der Waals surface area contributed by atoms with Crippen LogP contribution in [0.1, 0.15) is 35.5 Å². The normalized spacial score (nSPS) is 11.2. The van der Waals surface area contributed by atoms with Crippen LogP contribution in [0.3, 0.4) is 0 Å². The predicted molar refractivity (Wildman–Crippen MR) is 81.3 cm³/mol. The van der Waals surface area contributed by atoms with Crippen molar-refractivity contribution in [3.05, 3.63) is 46.8 Å². The second-order valence-electron chi connectivity index (χ2n) is 4.93. The number of carbonyl (C=O) groups is 1. The number of imidazole rings is 1. The molecule has 0 aliphatic rings. The van der Waals surface area contributed by atoms with E-state index in [9.17, 15) is 4.79 Å². The molecule has 0 radical (unpaired) electrons. The number of fused-ring (bicyclic) bond motifs is 1. The van der Waals surface area contributed by atoms with Crippen molar-refractivity contribution in [2.24, 2.45) is 0 Å². The second kappa shape index (κ2) is 5.81. The highest BCUT2D eigenvalue weighted by atomic mass is 35.5. The van der Waals surface area contributed by atoms with E-state index in [2.05, 4.69) is 16.9 Å². The van der Waals surface area contributed by atoms with E-state index in [-0.39, 0.29) is 5.76 Å². The van der Waals surface area contributed by atoms with Gasteiger partial charge in [-0.3, -0.25) is 0 Å². The van der Waals surface area contributed by atoms with Crippen LogP contribution >= 0.6 is 11.6 Å². The zero-order valence-corrected chi connectivity index (χ0v) is 12.7. The Hall–Kier alpha value is -2.34. The summed E-state index contributed by atoms with van der Waals surface area (Å²) >= 11 is 5.96. The van der Waals surface area contributed by atoms with Gasteiger partial charge in [-0.05, 0) is 24.6 Å². The second-order valence-corrected chi connectivity index (χ2v) is 5.37. The van der Waals surface area contributed by atoms with Gasteiger partial charge in [-0.25, -0.2) is 14.8 Å². The lowest BCUT2D eigenvalue weighted by molar-refractivity contribution is 0.0660. The molecular weight excluding hydrogens is 306 g/mol. The Balaban J connectivity index is 2.03. The molecule has 22 heavy (non-hydrogen) atoms. The van der Waals surface area contributed by atoms with Crippen LogP contribution in [0.2, 0.25) is 5.02 Å². The maximum atomic E-state index is 10.9. The molecule has 0 fully saturated rings. The minimum atomic E-state index is -1.08. The summed E-state index contributed by atoms with van der Waals surface area (Å²) in [6, 6.07) is 4.87. The lowest BCUT2D eigenvalue weighted by Gasteiger charge is -2.06. The summed E-state index contributed by atoms with van der Waals surface area (Å²) in [5, 5.41) is 9.46. The molecule has 3 heterocycles. The molecule has 0 bridgehead atoms. The first-order valence-electron chi connectivity index (χ1n) is 6.91.